The molecule has 0 aromatic carbocycles. The zero-order valence-corrected chi connectivity index (χ0v) is 10.8. The van der Waals surface area contributed by atoms with E-state index in [0.717, 1.165) is 0 Å². The maximum absolute atomic E-state index is 12.2. The molecule has 2 atom stereocenters. The summed E-state index contributed by atoms with van der Waals surface area (Å²) in [4.78, 5) is 11.0. The van der Waals surface area contributed by atoms with Gasteiger partial charge < -0.3 is 9.52 Å². The molecule has 1 aromatic rings. The third-order valence-electron chi connectivity index (χ3n) is 3.06. The predicted molar refractivity (Wildman–Crippen MR) is 62.4 cm³/mol. The molecule has 0 aliphatic carbocycles. The van der Waals surface area contributed by atoms with Gasteiger partial charge in [0.25, 0.3) is 10.0 Å². The van der Waals surface area contributed by atoms with E-state index >= 15 is 0 Å². The molecule has 0 bridgehead atoms. The maximum atomic E-state index is 12.2. The number of furan rings is 1. The quantitative estimate of drug-likeness (QED) is 0.888. The van der Waals surface area contributed by atoms with Gasteiger partial charge in [-0.3, -0.25) is 4.79 Å². The van der Waals surface area contributed by atoms with Crippen molar-refractivity contribution in [2.45, 2.75) is 18.4 Å². The number of sulfonamides is 1. The first-order chi connectivity index (χ1) is 8.41. The molecule has 2 rings (SSSR count). The summed E-state index contributed by atoms with van der Waals surface area (Å²) in [6.07, 6.45) is 1.79. The summed E-state index contributed by atoms with van der Waals surface area (Å²) >= 11 is 0. The van der Waals surface area contributed by atoms with E-state index in [0.29, 0.717) is 13.0 Å². The first-order valence-electron chi connectivity index (χ1n) is 5.67. The maximum Gasteiger partial charge on any atom is 0.307 e. The van der Waals surface area contributed by atoms with E-state index in [2.05, 4.69) is 0 Å². The second-order valence-corrected chi connectivity index (χ2v) is 6.50. The van der Waals surface area contributed by atoms with Crippen molar-refractivity contribution >= 4 is 16.0 Å². The monoisotopic (exact) mass is 273 g/mol. The molecule has 2 unspecified atom stereocenters. The van der Waals surface area contributed by atoms with E-state index in [4.69, 9.17) is 9.52 Å². The van der Waals surface area contributed by atoms with Crippen LogP contribution in [0.2, 0.25) is 0 Å². The molecule has 1 aliphatic rings. The van der Waals surface area contributed by atoms with Gasteiger partial charge in [0.15, 0.2) is 0 Å². The highest BCUT2D eigenvalue weighted by Crippen LogP contribution is 2.27. The molecule has 1 N–H and O–H groups in total. The molecule has 0 radical (unpaired) electrons. The normalized spacial score (nSPS) is 26.1. The van der Waals surface area contributed by atoms with E-state index in [9.17, 15) is 13.2 Å². The minimum absolute atomic E-state index is 0.00269. The number of hydrogen-bond donors (Lipinski definition) is 1. The van der Waals surface area contributed by atoms with Crippen LogP contribution < -0.4 is 0 Å². The second kappa shape index (κ2) is 4.74. The fourth-order valence-corrected chi connectivity index (χ4v) is 3.72. The number of rotatable bonds is 3. The first kappa shape index (κ1) is 13.1. The minimum Gasteiger partial charge on any atom is -0.481 e. The SMILES string of the molecule is CC1CC(C(=O)O)CN(S(=O)(=O)c2ccco2)C1. The average Bonchev–Trinajstić information content (AvgIpc) is 2.82. The molecule has 0 spiro atoms. The van der Waals surface area contributed by atoms with Gasteiger partial charge in [0.05, 0.1) is 12.2 Å². The lowest BCUT2D eigenvalue weighted by Crippen LogP contribution is -2.45. The Morgan fingerprint density at radius 1 is 1.50 bits per heavy atom. The number of hydrogen-bond acceptors (Lipinski definition) is 4. The molecule has 1 saturated heterocycles. The highest BCUT2D eigenvalue weighted by Gasteiger charge is 2.37. The van der Waals surface area contributed by atoms with Crippen molar-refractivity contribution in [1.29, 1.82) is 0 Å². The van der Waals surface area contributed by atoms with Gasteiger partial charge in [0.2, 0.25) is 5.09 Å². The van der Waals surface area contributed by atoms with Gasteiger partial charge in [-0.1, -0.05) is 6.92 Å². The van der Waals surface area contributed by atoms with E-state index < -0.39 is 21.9 Å². The fraction of sp³-hybridized carbons (Fsp3) is 0.545. The van der Waals surface area contributed by atoms with Crippen LogP contribution in [0.3, 0.4) is 0 Å². The van der Waals surface area contributed by atoms with Gasteiger partial charge in [0, 0.05) is 13.1 Å². The number of aliphatic carboxylic acids is 1. The zero-order chi connectivity index (χ0) is 13.3. The Balaban J connectivity index is 2.25. The standard InChI is InChI=1S/C11H15NO5S/c1-8-5-9(11(13)14)7-12(6-8)18(15,16)10-3-2-4-17-10/h2-4,8-9H,5-7H2,1H3,(H,13,14). The van der Waals surface area contributed by atoms with Gasteiger partial charge in [-0.2, -0.15) is 4.31 Å². The van der Waals surface area contributed by atoms with E-state index in [1.54, 1.807) is 0 Å². The molecule has 0 amide bonds. The van der Waals surface area contributed by atoms with E-state index in [1.165, 1.54) is 22.7 Å². The van der Waals surface area contributed by atoms with Crippen molar-refractivity contribution in [1.82, 2.24) is 4.31 Å². The topological polar surface area (TPSA) is 87.8 Å². The lowest BCUT2D eigenvalue weighted by molar-refractivity contribution is -0.143. The van der Waals surface area contributed by atoms with E-state index in [1.807, 2.05) is 6.92 Å². The molecule has 1 aliphatic heterocycles. The Morgan fingerprint density at radius 2 is 2.22 bits per heavy atom. The fourth-order valence-electron chi connectivity index (χ4n) is 2.22. The van der Waals surface area contributed by atoms with Crippen molar-refractivity contribution in [3.05, 3.63) is 18.4 Å². The second-order valence-electron chi connectivity index (χ2n) is 4.63. The summed E-state index contributed by atoms with van der Waals surface area (Å²) in [5, 5.41) is 8.89. The molecule has 100 valence electrons. The third-order valence-corrected chi connectivity index (χ3v) is 4.78. The van der Waals surface area contributed by atoms with Crippen LogP contribution in [-0.2, 0) is 14.8 Å². The Bertz CT molecular complexity index is 522. The van der Waals surface area contributed by atoms with Gasteiger partial charge in [-0.05, 0) is 24.5 Å². The first-order valence-corrected chi connectivity index (χ1v) is 7.11. The summed E-state index contributed by atoms with van der Waals surface area (Å²) in [5.41, 5.74) is 0. The number of piperidine rings is 1. The molecular formula is C11H15NO5S. The molecule has 2 heterocycles. The van der Waals surface area contributed by atoms with Crippen molar-refractivity contribution < 1.29 is 22.7 Å². The highest BCUT2D eigenvalue weighted by atomic mass is 32.2. The van der Waals surface area contributed by atoms with Crippen LogP contribution >= 0.6 is 0 Å². The predicted octanol–water partition coefficient (Wildman–Crippen LogP) is 1.01. The van der Waals surface area contributed by atoms with Crippen molar-refractivity contribution in [2.24, 2.45) is 11.8 Å². The molecule has 1 aromatic heterocycles. The number of carbonyl (C=O) groups is 1. The summed E-state index contributed by atoms with van der Waals surface area (Å²) in [6.45, 7) is 2.18. The van der Waals surface area contributed by atoms with E-state index in [-0.39, 0.29) is 17.6 Å². The highest BCUT2D eigenvalue weighted by molar-refractivity contribution is 7.89. The molecule has 6 nitrogen and oxygen atoms in total. The Kier molecular flexibility index (Phi) is 3.45. The van der Waals surface area contributed by atoms with Crippen LogP contribution in [0.15, 0.2) is 27.9 Å². The largest absolute Gasteiger partial charge is 0.481 e. The van der Waals surface area contributed by atoms with Gasteiger partial charge in [0.1, 0.15) is 0 Å². The van der Waals surface area contributed by atoms with Crippen LogP contribution in [0.1, 0.15) is 13.3 Å². The van der Waals surface area contributed by atoms with Gasteiger partial charge >= 0.3 is 5.97 Å². The summed E-state index contributed by atoms with van der Waals surface area (Å²) in [7, 11) is -3.71. The van der Waals surface area contributed by atoms with Gasteiger partial charge in [-0.25, -0.2) is 8.42 Å². The van der Waals surface area contributed by atoms with Crippen LogP contribution in [0.4, 0.5) is 0 Å². The minimum atomic E-state index is -3.71. The summed E-state index contributed by atoms with van der Waals surface area (Å²) in [5.74, 6) is -1.59. The Morgan fingerprint density at radius 3 is 2.78 bits per heavy atom. The zero-order valence-electron chi connectivity index (χ0n) is 9.94. The van der Waals surface area contributed by atoms with Crippen LogP contribution in [0, 0.1) is 11.8 Å². The smallest absolute Gasteiger partial charge is 0.307 e. The number of nitrogens with zero attached hydrogens (tertiary/aromatic N) is 1. The van der Waals surface area contributed by atoms with Gasteiger partial charge in [-0.15, -0.1) is 0 Å². The van der Waals surface area contributed by atoms with Crippen molar-refractivity contribution in [2.75, 3.05) is 13.1 Å². The molecule has 1 fully saturated rings. The number of carboxylic acids is 1. The molecule has 18 heavy (non-hydrogen) atoms. The lowest BCUT2D eigenvalue weighted by Gasteiger charge is -2.32. The molecule has 0 saturated carbocycles. The lowest BCUT2D eigenvalue weighted by atomic mass is 9.92. The summed E-state index contributed by atoms with van der Waals surface area (Å²) in [6, 6.07) is 2.86. The number of carboxylic acid groups (broad SMARTS) is 1. The van der Waals surface area contributed by atoms with Crippen molar-refractivity contribution in [3.8, 4) is 0 Å². The van der Waals surface area contributed by atoms with Crippen LogP contribution in [0.25, 0.3) is 0 Å². The molecule has 7 heteroatoms. The third kappa shape index (κ3) is 2.41. The Labute approximate surface area is 105 Å². The average molecular weight is 273 g/mol. The van der Waals surface area contributed by atoms with Crippen LogP contribution in [-0.4, -0.2) is 36.9 Å². The van der Waals surface area contributed by atoms with Crippen molar-refractivity contribution in [3.63, 3.8) is 0 Å². The molecular weight excluding hydrogens is 258 g/mol. The Hall–Kier alpha value is -1.34. The summed E-state index contributed by atoms with van der Waals surface area (Å²) < 4.78 is 30.5. The van der Waals surface area contributed by atoms with Crippen LogP contribution in [0.5, 0.6) is 0 Å².